The fourth-order valence-electron chi connectivity index (χ4n) is 1.01. The van der Waals surface area contributed by atoms with Crippen LogP contribution in [0.3, 0.4) is 0 Å². The monoisotopic (exact) mass is 213 g/mol. The summed E-state index contributed by atoms with van der Waals surface area (Å²) in [7, 11) is 1.83. The first-order valence-corrected chi connectivity index (χ1v) is 5.53. The first-order chi connectivity index (χ1) is 6.76. The Bertz CT molecular complexity index is 298. The van der Waals surface area contributed by atoms with Crippen molar-refractivity contribution in [2.24, 2.45) is 0 Å². The van der Waals surface area contributed by atoms with Crippen LogP contribution in [0, 0.1) is 0 Å². The Kier molecular flexibility index (Phi) is 4.39. The van der Waals surface area contributed by atoms with Gasteiger partial charge in [-0.15, -0.1) is 11.3 Å². The van der Waals surface area contributed by atoms with Gasteiger partial charge in [-0.3, -0.25) is 4.79 Å². The number of rotatable bonds is 5. The van der Waals surface area contributed by atoms with E-state index >= 15 is 0 Å². The van der Waals surface area contributed by atoms with Crippen molar-refractivity contribution in [3.05, 3.63) is 11.1 Å². The number of aromatic nitrogens is 1. The highest BCUT2D eigenvalue weighted by Crippen LogP contribution is 2.13. The molecule has 1 rings (SSSR count). The lowest BCUT2D eigenvalue weighted by atomic mass is 10.3. The zero-order valence-electron chi connectivity index (χ0n) is 8.46. The zero-order valence-corrected chi connectivity index (χ0v) is 9.28. The quantitative estimate of drug-likeness (QED) is 0.781. The fraction of sp³-hybridized carbons (Fsp3) is 0.556. The molecule has 5 heteroatoms. The van der Waals surface area contributed by atoms with Crippen molar-refractivity contribution in [1.29, 1.82) is 0 Å². The molecule has 78 valence electrons. The molecule has 1 aromatic heterocycles. The van der Waals surface area contributed by atoms with E-state index in [1.54, 1.807) is 11.3 Å². The molecule has 0 unspecified atom stereocenters. The number of thiazole rings is 1. The molecule has 0 atom stereocenters. The molecule has 1 amide bonds. The van der Waals surface area contributed by atoms with Crippen LogP contribution in [0.1, 0.15) is 25.5 Å². The molecule has 1 aromatic rings. The van der Waals surface area contributed by atoms with Crippen LogP contribution in [0.15, 0.2) is 5.38 Å². The molecule has 14 heavy (non-hydrogen) atoms. The maximum absolute atomic E-state index is 11.1. The van der Waals surface area contributed by atoms with Crippen LogP contribution in [0.5, 0.6) is 0 Å². The maximum atomic E-state index is 11.1. The molecular formula is C9H15N3OS. The van der Waals surface area contributed by atoms with Crippen LogP contribution in [0.25, 0.3) is 0 Å². The van der Waals surface area contributed by atoms with E-state index in [4.69, 9.17) is 0 Å². The van der Waals surface area contributed by atoms with Gasteiger partial charge in [0.2, 0.25) is 5.91 Å². The molecule has 0 fully saturated rings. The summed E-state index contributed by atoms with van der Waals surface area (Å²) in [6, 6.07) is 0. The van der Waals surface area contributed by atoms with Gasteiger partial charge in [0.05, 0.1) is 12.2 Å². The zero-order chi connectivity index (χ0) is 10.4. The SMILES string of the molecule is CCCC(=O)NCc1csc(NC)n1. The molecule has 2 N–H and O–H groups in total. The Hall–Kier alpha value is -1.10. The molecule has 0 saturated carbocycles. The van der Waals surface area contributed by atoms with Crippen molar-refractivity contribution in [2.45, 2.75) is 26.3 Å². The van der Waals surface area contributed by atoms with Crippen LogP contribution in [0.4, 0.5) is 5.13 Å². The van der Waals surface area contributed by atoms with E-state index in [1.807, 2.05) is 19.4 Å². The number of anilines is 1. The third-order valence-electron chi connectivity index (χ3n) is 1.71. The summed E-state index contributed by atoms with van der Waals surface area (Å²) in [4.78, 5) is 15.4. The van der Waals surface area contributed by atoms with Crippen molar-refractivity contribution in [2.75, 3.05) is 12.4 Å². The van der Waals surface area contributed by atoms with Crippen molar-refractivity contribution < 1.29 is 4.79 Å². The Balaban J connectivity index is 2.34. The van der Waals surface area contributed by atoms with Crippen LogP contribution in [-0.2, 0) is 11.3 Å². The standard InChI is InChI=1S/C9H15N3OS/c1-3-4-8(13)11-5-7-6-14-9(10-2)12-7/h6H,3-5H2,1-2H3,(H,10,12)(H,11,13). The van der Waals surface area contributed by atoms with Gasteiger partial charge in [0.15, 0.2) is 5.13 Å². The largest absolute Gasteiger partial charge is 0.365 e. The van der Waals surface area contributed by atoms with E-state index in [9.17, 15) is 4.79 Å². The number of hydrogen-bond acceptors (Lipinski definition) is 4. The minimum atomic E-state index is 0.0894. The van der Waals surface area contributed by atoms with Gasteiger partial charge in [-0.25, -0.2) is 4.98 Å². The second kappa shape index (κ2) is 5.59. The van der Waals surface area contributed by atoms with Crippen LogP contribution < -0.4 is 10.6 Å². The van der Waals surface area contributed by atoms with Gasteiger partial charge < -0.3 is 10.6 Å². The predicted molar refractivity (Wildman–Crippen MR) is 58.4 cm³/mol. The van der Waals surface area contributed by atoms with Gasteiger partial charge in [0, 0.05) is 18.8 Å². The van der Waals surface area contributed by atoms with Crippen LogP contribution in [-0.4, -0.2) is 17.9 Å². The Labute approximate surface area is 87.7 Å². The average molecular weight is 213 g/mol. The minimum Gasteiger partial charge on any atom is -0.365 e. The Morgan fingerprint density at radius 3 is 3.00 bits per heavy atom. The third kappa shape index (κ3) is 3.33. The highest BCUT2D eigenvalue weighted by Gasteiger charge is 2.02. The number of hydrogen-bond donors (Lipinski definition) is 2. The molecular weight excluding hydrogens is 198 g/mol. The summed E-state index contributed by atoms with van der Waals surface area (Å²) in [5.74, 6) is 0.0894. The molecule has 0 aliphatic heterocycles. The van der Waals surface area contributed by atoms with Gasteiger partial charge >= 0.3 is 0 Å². The van der Waals surface area contributed by atoms with Crippen LogP contribution in [0.2, 0.25) is 0 Å². The number of nitrogens with zero attached hydrogens (tertiary/aromatic N) is 1. The van der Waals surface area contributed by atoms with E-state index in [1.165, 1.54) is 0 Å². The third-order valence-corrected chi connectivity index (χ3v) is 2.62. The lowest BCUT2D eigenvalue weighted by Crippen LogP contribution is -2.22. The number of carbonyl (C=O) groups excluding carboxylic acids is 1. The highest BCUT2D eigenvalue weighted by molar-refractivity contribution is 7.13. The minimum absolute atomic E-state index is 0.0894. The molecule has 4 nitrogen and oxygen atoms in total. The van der Waals surface area contributed by atoms with Crippen molar-refractivity contribution in [1.82, 2.24) is 10.3 Å². The molecule has 0 radical (unpaired) electrons. The lowest BCUT2D eigenvalue weighted by molar-refractivity contribution is -0.121. The van der Waals surface area contributed by atoms with Gasteiger partial charge in [-0.2, -0.15) is 0 Å². The molecule has 0 bridgehead atoms. The normalized spacial score (nSPS) is 9.86. The van der Waals surface area contributed by atoms with Gasteiger partial charge in [-0.1, -0.05) is 6.92 Å². The summed E-state index contributed by atoms with van der Waals surface area (Å²) in [6.07, 6.45) is 1.47. The summed E-state index contributed by atoms with van der Waals surface area (Å²) in [5.41, 5.74) is 0.906. The molecule has 0 aliphatic rings. The molecule has 0 spiro atoms. The maximum Gasteiger partial charge on any atom is 0.220 e. The van der Waals surface area contributed by atoms with Crippen molar-refractivity contribution >= 4 is 22.4 Å². The first-order valence-electron chi connectivity index (χ1n) is 4.65. The summed E-state index contributed by atoms with van der Waals surface area (Å²) in [5, 5.41) is 8.59. The Morgan fingerprint density at radius 2 is 2.43 bits per heavy atom. The molecule has 0 saturated heterocycles. The van der Waals surface area contributed by atoms with E-state index < -0.39 is 0 Å². The number of carbonyl (C=O) groups is 1. The van der Waals surface area contributed by atoms with Gasteiger partial charge in [-0.05, 0) is 6.42 Å². The van der Waals surface area contributed by atoms with E-state index in [2.05, 4.69) is 15.6 Å². The second-order valence-electron chi connectivity index (χ2n) is 2.92. The first kappa shape index (κ1) is 11.0. The van der Waals surface area contributed by atoms with Crippen molar-refractivity contribution in [3.63, 3.8) is 0 Å². The van der Waals surface area contributed by atoms with Gasteiger partial charge in [0.25, 0.3) is 0 Å². The molecule has 0 aromatic carbocycles. The summed E-state index contributed by atoms with van der Waals surface area (Å²) < 4.78 is 0. The van der Waals surface area contributed by atoms with Crippen molar-refractivity contribution in [3.8, 4) is 0 Å². The van der Waals surface area contributed by atoms with E-state index in [0.29, 0.717) is 13.0 Å². The van der Waals surface area contributed by atoms with E-state index in [-0.39, 0.29) is 5.91 Å². The highest BCUT2D eigenvalue weighted by atomic mass is 32.1. The summed E-state index contributed by atoms with van der Waals surface area (Å²) >= 11 is 1.54. The molecule has 0 aliphatic carbocycles. The Morgan fingerprint density at radius 1 is 1.64 bits per heavy atom. The predicted octanol–water partition coefficient (Wildman–Crippen LogP) is 1.60. The van der Waals surface area contributed by atoms with Gasteiger partial charge in [0.1, 0.15) is 0 Å². The number of nitrogens with one attached hydrogen (secondary N) is 2. The smallest absolute Gasteiger partial charge is 0.220 e. The topological polar surface area (TPSA) is 54.0 Å². The molecule has 1 heterocycles. The fourth-order valence-corrected chi connectivity index (χ4v) is 1.68. The number of amides is 1. The van der Waals surface area contributed by atoms with E-state index in [0.717, 1.165) is 17.2 Å². The average Bonchev–Trinajstić information content (AvgIpc) is 2.63. The second-order valence-corrected chi connectivity index (χ2v) is 3.78. The summed E-state index contributed by atoms with van der Waals surface area (Å²) in [6.45, 7) is 2.51. The van der Waals surface area contributed by atoms with Crippen LogP contribution >= 0.6 is 11.3 Å². The lowest BCUT2D eigenvalue weighted by Gasteiger charge is -2.00.